The van der Waals surface area contributed by atoms with Gasteiger partial charge in [-0.1, -0.05) is 12.1 Å². The second-order valence-corrected chi connectivity index (χ2v) is 3.77. The van der Waals surface area contributed by atoms with Crippen LogP contribution in [0.2, 0.25) is 0 Å². The van der Waals surface area contributed by atoms with E-state index in [0.717, 1.165) is 11.1 Å². The molecule has 6 heteroatoms. The van der Waals surface area contributed by atoms with Crippen LogP contribution in [0.3, 0.4) is 0 Å². The molecule has 0 amide bonds. The number of nitrogen functional groups attached to an aromatic ring is 1. The minimum atomic E-state index is -0.967. The average molecular weight is 247 g/mol. The first-order chi connectivity index (χ1) is 8.63. The lowest BCUT2D eigenvalue weighted by Crippen LogP contribution is -2.07. The van der Waals surface area contributed by atoms with Crippen molar-refractivity contribution in [1.29, 1.82) is 0 Å². The second kappa shape index (κ2) is 4.89. The van der Waals surface area contributed by atoms with Gasteiger partial charge in [-0.2, -0.15) is 5.10 Å². The van der Waals surface area contributed by atoms with Gasteiger partial charge in [0, 0.05) is 5.56 Å². The standard InChI is InChI=1S/C12H13N3O3/c13-11-10(7-14-15(11)5-6-16)8-1-3-9(4-2-8)12(17)18/h1-4,7,16H,5-6,13H2,(H,17,18). The molecule has 94 valence electrons. The molecule has 1 aromatic heterocycles. The molecule has 0 saturated heterocycles. The Morgan fingerprint density at radius 3 is 2.56 bits per heavy atom. The van der Waals surface area contributed by atoms with Gasteiger partial charge in [0.1, 0.15) is 5.82 Å². The lowest BCUT2D eigenvalue weighted by molar-refractivity contribution is 0.0697. The minimum Gasteiger partial charge on any atom is -0.478 e. The number of aromatic nitrogens is 2. The monoisotopic (exact) mass is 247 g/mol. The molecule has 0 aliphatic heterocycles. The Morgan fingerprint density at radius 2 is 2.00 bits per heavy atom. The van der Waals surface area contributed by atoms with Gasteiger partial charge in [0.2, 0.25) is 0 Å². The highest BCUT2D eigenvalue weighted by molar-refractivity contribution is 5.88. The summed E-state index contributed by atoms with van der Waals surface area (Å²) < 4.78 is 1.50. The molecule has 2 rings (SSSR count). The number of benzene rings is 1. The summed E-state index contributed by atoms with van der Waals surface area (Å²) in [6.07, 6.45) is 1.60. The smallest absolute Gasteiger partial charge is 0.335 e. The van der Waals surface area contributed by atoms with E-state index in [9.17, 15) is 4.79 Å². The van der Waals surface area contributed by atoms with Gasteiger partial charge in [0.05, 0.1) is 24.9 Å². The third-order valence-electron chi connectivity index (χ3n) is 2.63. The van der Waals surface area contributed by atoms with Crippen LogP contribution in [-0.4, -0.2) is 32.6 Å². The lowest BCUT2D eigenvalue weighted by Gasteiger charge is -2.03. The second-order valence-electron chi connectivity index (χ2n) is 3.77. The van der Waals surface area contributed by atoms with Crippen LogP contribution >= 0.6 is 0 Å². The summed E-state index contributed by atoms with van der Waals surface area (Å²) >= 11 is 0. The number of nitrogens with two attached hydrogens (primary N) is 1. The molecule has 6 nitrogen and oxygen atoms in total. The van der Waals surface area contributed by atoms with Crippen LogP contribution in [0.4, 0.5) is 5.82 Å². The first kappa shape index (κ1) is 12.1. The lowest BCUT2D eigenvalue weighted by atomic mass is 10.1. The van der Waals surface area contributed by atoms with E-state index in [-0.39, 0.29) is 12.2 Å². The maximum Gasteiger partial charge on any atom is 0.335 e. The van der Waals surface area contributed by atoms with Crippen LogP contribution in [0, 0.1) is 0 Å². The summed E-state index contributed by atoms with van der Waals surface area (Å²) in [4.78, 5) is 10.7. The quantitative estimate of drug-likeness (QED) is 0.742. The Hall–Kier alpha value is -2.34. The highest BCUT2D eigenvalue weighted by atomic mass is 16.4. The first-order valence-electron chi connectivity index (χ1n) is 5.39. The molecular weight excluding hydrogens is 234 g/mol. The van der Waals surface area contributed by atoms with Gasteiger partial charge >= 0.3 is 5.97 Å². The van der Waals surface area contributed by atoms with E-state index < -0.39 is 5.97 Å². The number of carbonyl (C=O) groups is 1. The number of nitrogens with zero attached hydrogens (tertiary/aromatic N) is 2. The molecular formula is C12H13N3O3. The van der Waals surface area contributed by atoms with E-state index >= 15 is 0 Å². The summed E-state index contributed by atoms with van der Waals surface area (Å²) in [5, 5.41) is 21.7. The van der Waals surface area contributed by atoms with Gasteiger partial charge in [-0.15, -0.1) is 0 Å². The highest BCUT2D eigenvalue weighted by Gasteiger charge is 2.10. The predicted octanol–water partition coefficient (Wildman–Crippen LogP) is 0.823. The molecule has 0 aliphatic rings. The first-order valence-corrected chi connectivity index (χ1v) is 5.39. The number of aliphatic hydroxyl groups is 1. The van der Waals surface area contributed by atoms with Crippen molar-refractivity contribution in [2.45, 2.75) is 6.54 Å². The van der Waals surface area contributed by atoms with E-state index in [0.29, 0.717) is 12.4 Å². The normalized spacial score (nSPS) is 10.5. The van der Waals surface area contributed by atoms with Gasteiger partial charge in [0.25, 0.3) is 0 Å². The van der Waals surface area contributed by atoms with Gasteiger partial charge in [-0.3, -0.25) is 0 Å². The molecule has 0 fully saturated rings. The van der Waals surface area contributed by atoms with Crippen molar-refractivity contribution >= 4 is 11.8 Å². The molecule has 1 aromatic carbocycles. The SMILES string of the molecule is Nc1c(-c2ccc(C(=O)O)cc2)cnn1CCO. The minimum absolute atomic E-state index is 0.0384. The Balaban J connectivity index is 2.34. The van der Waals surface area contributed by atoms with Crippen molar-refractivity contribution in [1.82, 2.24) is 9.78 Å². The zero-order chi connectivity index (χ0) is 13.1. The number of carboxylic acid groups (broad SMARTS) is 1. The van der Waals surface area contributed by atoms with E-state index in [2.05, 4.69) is 5.10 Å². The van der Waals surface area contributed by atoms with Crippen molar-refractivity contribution in [3.05, 3.63) is 36.0 Å². The molecule has 0 radical (unpaired) electrons. The molecule has 0 unspecified atom stereocenters. The fourth-order valence-corrected chi connectivity index (χ4v) is 1.68. The molecule has 4 N–H and O–H groups in total. The summed E-state index contributed by atoms with van der Waals surface area (Å²) in [6, 6.07) is 6.39. The van der Waals surface area contributed by atoms with Gasteiger partial charge in [-0.25, -0.2) is 9.48 Å². The average Bonchev–Trinajstić information content (AvgIpc) is 2.72. The zero-order valence-corrected chi connectivity index (χ0v) is 9.58. The Morgan fingerprint density at radius 1 is 1.33 bits per heavy atom. The Bertz CT molecular complexity index is 560. The zero-order valence-electron chi connectivity index (χ0n) is 9.58. The molecule has 0 bridgehead atoms. The van der Waals surface area contributed by atoms with Crippen molar-refractivity contribution in [3.8, 4) is 11.1 Å². The van der Waals surface area contributed by atoms with E-state index in [1.807, 2.05) is 0 Å². The van der Waals surface area contributed by atoms with Gasteiger partial charge in [-0.05, 0) is 17.7 Å². The molecule has 0 spiro atoms. The third-order valence-corrected chi connectivity index (χ3v) is 2.63. The van der Waals surface area contributed by atoms with Crippen molar-refractivity contribution < 1.29 is 15.0 Å². The summed E-state index contributed by atoms with van der Waals surface area (Å²) in [6.45, 7) is 0.294. The third kappa shape index (κ3) is 2.18. The van der Waals surface area contributed by atoms with E-state index in [4.69, 9.17) is 15.9 Å². The molecule has 18 heavy (non-hydrogen) atoms. The number of hydrogen-bond donors (Lipinski definition) is 3. The summed E-state index contributed by atoms with van der Waals surface area (Å²) in [7, 11) is 0. The van der Waals surface area contributed by atoms with Crippen LogP contribution in [0.1, 0.15) is 10.4 Å². The number of hydrogen-bond acceptors (Lipinski definition) is 4. The molecule has 0 aliphatic carbocycles. The van der Waals surface area contributed by atoms with Crippen LogP contribution in [0.15, 0.2) is 30.5 Å². The number of carboxylic acids is 1. The van der Waals surface area contributed by atoms with E-state index in [1.54, 1.807) is 18.3 Å². The van der Waals surface area contributed by atoms with E-state index in [1.165, 1.54) is 16.8 Å². The van der Waals surface area contributed by atoms with Crippen molar-refractivity contribution in [3.63, 3.8) is 0 Å². The maximum absolute atomic E-state index is 10.7. The number of aliphatic hydroxyl groups excluding tert-OH is 1. The molecule has 1 heterocycles. The number of anilines is 1. The predicted molar refractivity (Wildman–Crippen MR) is 66.1 cm³/mol. The summed E-state index contributed by atoms with van der Waals surface area (Å²) in [5.74, 6) is -0.516. The fraction of sp³-hybridized carbons (Fsp3) is 0.167. The van der Waals surface area contributed by atoms with Crippen LogP contribution in [0.25, 0.3) is 11.1 Å². The van der Waals surface area contributed by atoms with Crippen LogP contribution in [0.5, 0.6) is 0 Å². The molecule has 0 atom stereocenters. The van der Waals surface area contributed by atoms with Gasteiger partial charge < -0.3 is 15.9 Å². The molecule has 2 aromatic rings. The molecule has 0 saturated carbocycles. The topological polar surface area (TPSA) is 101 Å². The number of aromatic carboxylic acids is 1. The Kier molecular flexibility index (Phi) is 3.29. The maximum atomic E-state index is 10.7. The van der Waals surface area contributed by atoms with Crippen molar-refractivity contribution in [2.75, 3.05) is 12.3 Å². The fourth-order valence-electron chi connectivity index (χ4n) is 1.68. The Labute approximate surface area is 103 Å². The van der Waals surface area contributed by atoms with Crippen LogP contribution < -0.4 is 5.73 Å². The highest BCUT2D eigenvalue weighted by Crippen LogP contribution is 2.25. The summed E-state index contributed by atoms with van der Waals surface area (Å²) in [5.41, 5.74) is 7.63. The number of rotatable bonds is 4. The van der Waals surface area contributed by atoms with Gasteiger partial charge in [0.15, 0.2) is 0 Å². The van der Waals surface area contributed by atoms with Crippen molar-refractivity contribution in [2.24, 2.45) is 0 Å². The van der Waals surface area contributed by atoms with Crippen LogP contribution in [-0.2, 0) is 6.54 Å². The largest absolute Gasteiger partial charge is 0.478 e.